The second-order valence-electron chi connectivity index (χ2n) is 6.98. The molecule has 1 heterocycles. The smallest absolute Gasteiger partial charge is 0.191 e. The van der Waals surface area contributed by atoms with Gasteiger partial charge in [-0.3, -0.25) is 9.89 Å². The number of halogens is 1. The highest BCUT2D eigenvalue weighted by Gasteiger charge is 2.22. The van der Waals surface area contributed by atoms with Crippen molar-refractivity contribution in [3.05, 3.63) is 29.8 Å². The van der Waals surface area contributed by atoms with Crippen molar-refractivity contribution in [1.82, 2.24) is 20.4 Å². The number of aliphatic imine (C=N–C) groups is 1. The Hall–Kier alpha value is -1.06. The number of nitrogens with zero attached hydrogens (tertiary/aromatic N) is 3. The molecule has 1 aliphatic heterocycles. The third-order valence-electron chi connectivity index (χ3n) is 4.59. The van der Waals surface area contributed by atoms with Gasteiger partial charge in [0.1, 0.15) is 11.9 Å². The third kappa shape index (κ3) is 7.67. The lowest BCUT2D eigenvalue weighted by atomic mass is 10.2. The quantitative estimate of drug-likeness (QED) is 0.374. The highest BCUT2D eigenvalue weighted by atomic mass is 127. The molecule has 1 saturated heterocycles. The summed E-state index contributed by atoms with van der Waals surface area (Å²) in [6.07, 6.45) is 0.0591. The van der Waals surface area contributed by atoms with Crippen LogP contribution in [0.2, 0.25) is 0 Å². The van der Waals surface area contributed by atoms with Crippen LogP contribution >= 0.6 is 24.0 Å². The molecular formula is C19H34IN5O. The van der Waals surface area contributed by atoms with Gasteiger partial charge in [-0.15, -0.1) is 24.0 Å². The highest BCUT2D eigenvalue weighted by Crippen LogP contribution is 2.13. The highest BCUT2D eigenvalue weighted by molar-refractivity contribution is 14.0. The average Bonchev–Trinajstić information content (AvgIpc) is 2.58. The topological polar surface area (TPSA) is 52.1 Å². The van der Waals surface area contributed by atoms with E-state index < -0.39 is 0 Å². The maximum Gasteiger partial charge on any atom is 0.191 e. The molecule has 148 valence electrons. The molecule has 1 aliphatic rings. The Morgan fingerprint density at radius 3 is 2.77 bits per heavy atom. The fraction of sp³-hybridized carbons (Fsp3) is 0.632. The standard InChI is InChI=1S/C19H33N5O.HI/c1-15-7-6-8-18(11-15)25-16(2)12-21-19(20-3)22-13-17-14-23(4)9-10-24(17)5;/h6-8,11,16-17H,9-10,12-14H2,1-5H3,(H2,20,21,22);1H. The SMILES string of the molecule is CN=C(NCC(C)Oc1cccc(C)c1)NCC1CN(C)CCN1C.I. The van der Waals surface area contributed by atoms with Crippen LogP contribution in [-0.2, 0) is 0 Å². The Morgan fingerprint density at radius 2 is 2.08 bits per heavy atom. The molecule has 6 nitrogen and oxygen atoms in total. The number of likely N-dealkylation sites (N-methyl/N-ethyl adjacent to an activating group) is 2. The minimum Gasteiger partial charge on any atom is -0.489 e. The van der Waals surface area contributed by atoms with Crippen LogP contribution in [0, 0.1) is 6.92 Å². The molecule has 2 N–H and O–H groups in total. The van der Waals surface area contributed by atoms with E-state index in [2.05, 4.69) is 65.5 Å². The molecule has 2 rings (SSSR count). The number of hydrogen-bond acceptors (Lipinski definition) is 4. The van der Waals surface area contributed by atoms with Crippen LogP contribution in [-0.4, -0.2) is 81.8 Å². The van der Waals surface area contributed by atoms with Crippen LogP contribution in [0.5, 0.6) is 5.75 Å². The van der Waals surface area contributed by atoms with Crippen molar-refractivity contribution in [3.63, 3.8) is 0 Å². The number of piperazine rings is 1. The van der Waals surface area contributed by atoms with Crippen LogP contribution in [0.15, 0.2) is 29.3 Å². The number of hydrogen-bond donors (Lipinski definition) is 2. The predicted octanol–water partition coefficient (Wildman–Crippen LogP) is 1.79. The van der Waals surface area contributed by atoms with Crippen molar-refractivity contribution in [2.45, 2.75) is 26.0 Å². The zero-order valence-electron chi connectivity index (χ0n) is 16.7. The van der Waals surface area contributed by atoms with Crippen molar-refractivity contribution in [2.24, 2.45) is 4.99 Å². The summed E-state index contributed by atoms with van der Waals surface area (Å²) < 4.78 is 5.96. The Labute approximate surface area is 175 Å². The van der Waals surface area contributed by atoms with Crippen LogP contribution in [0.4, 0.5) is 0 Å². The molecule has 2 unspecified atom stereocenters. The lowest BCUT2D eigenvalue weighted by molar-refractivity contribution is 0.116. The monoisotopic (exact) mass is 475 g/mol. The van der Waals surface area contributed by atoms with Gasteiger partial charge in [0.25, 0.3) is 0 Å². The summed E-state index contributed by atoms with van der Waals surface area (Å²) in [5.74, 6) is 1.73. The molecule has 0 bridgehead atoms. The first-order valence-corrected chi connectivity index (χ1v) is 9.04. The molecule has 0 spiro atoms. The number of rotatable bonds is 6. The second kappa shape index (κ2) is 11.6. The molecule has 0 radical (unpaired) electrons. The Kier molecular flexibility index (Phi) is 10.3. The molecule has 0 aliphatic carbocycles. The van der Waals surface area contributed by atoms with Crippen LogP contribution in [0.1, 0.15) is 12.5 Å². The van der Waals surface area contributed by atoms with E-state index in [0.29, 0.717) is 12.6 Å². The lowest BCUT2D eigenvalue weighted by Crippen LogP contribution is -2.55. The van der Waals surface area contributed by atoms with Gasteiger partial charge in [-0.05, 0) is 45.6 Å². The third-order valence-corrected chi connectivity index (χ3v) is 4.59. The number of benzene rings is 1. The molecule has 26 heavy (non-hydrogen) atoms. The molecule has 1 aromatic carbocycles. The second-order valence-corrected chi connectivity index (χ2v) is 6.98. The molecule has 7 heteroatoms. The fourth-order valence-electron chi connectivity index (χ4n) is 2.96. The summed E-state index contributed by atoms with van der Waals surface area (Å²) in [5, 5.41) is 6.78. The summed E-state index contributed by atoms with van der Waals surface area (Å²) in [4.78, 5) is 9.10. The predicted molar refractivity (Wildman–Crippen MR) is 120 cm³/mol. The average molecular weight is 475 g/mol. The Balaban J connectivity index is 0.00000338. The van der Waals surface area contributed by atoms with Crippen LogP contribution < -0.4 is 15.4 Å². The van der Waals surface area contributed by atoms with Crippen LogP contribution in [0.3, 0.4) is 0 Å². The molecular weight excluding hydrogens is 441 g/mol. The van der Waals surface area contributed by atoms with Crippen molar-refractivity contribution in [3.8, 4) is 5.75 Å². The number of ether oxygens (including phenoxy) is 1. The summed E-state index contributed by atoms with van der Waals surface area (Å²) in [6.45, 7) is 9.03. The van der Waals surface area contributed by atoms with Gasteiger partial charge in [0.05, 0.1) is 6.54 Å². The summed E-state index contributed by atoms with van der Waals surface area (Å²) in [6, 6.07) is 8.63. The fourth-order valence-corrected chi connectivity index (χ4v) is 2.96. The summed E-state index contributed by atoms with van der Waals surface area (Å²) >= 11 is 0. The van der Waals surface area contributed by atoms with Gasteiger partial charge in [-0.25, -0.2) is 0 Å². The van der Waals surface area contributed by atoms with Crippen molar-refractivity contribution in [2.75, 3.05) is 53.9 Å². The van der Waals surface area contributed by atoms with E-state index in [1.807, 2.05) is 12.1 Å². The van der Waals surface area contributed by atoms with Gasteiger partial charge in [0, 0.05) is 39.3 Å². The van der Waals surface area contributed by atoms with E-state index in [0.717, 1.165) is 37.9 Å². The van der Waals surface area contributed by atoms with Gasteiger partial charge in [-0.2, -0.15) is 0 Å². The van der Waals surface area contributed by atoms with E-state index in [4.69, 9.17) is 4.74 Å². The molecule has 0 aromatic heterocycles. The van der Waals surface area contributed by atoms with E-state index in [1.165, 1.54) is 5.56 Å². The van der Waals surface area contributed by atoms with Crippen molar-refractivity contribution >= 4 is 29.9 Å². The van der Waals surface area contributed by atoms with E-state index in [9.17, 15) is 0 Å². The summed E-state index contributed by atoms with van der Waals surface area (Å²) in [5.41, 5.74) is 1.21. The zero-order valence-corrected chi connectivity index (χ0v) is 19.0. The van der Waals surface area contributed by atoms with Crippen molar-refractivity contribution in [1.29, 1.82) is 0 Å². The van der Waals surface area contributed by atoms with Crippen LogP contribution in [0.25, 0.3) is 0 Å². The van der Waals surface area contributed by atoms with E-state index in [1.54, 1.807) is 7.05 Å². The van der Waals surface area contributed by atoms with E-state index in [-0.39, 0.29) is 30.1 Å². The molecule has 0 amide bonds. The normalized spacial score (nSPS) is 20.2. The van der Waals surface area contributed by atoms with Gasteiger partial charge < -0.3 is 20.3 Å². The molecule has 0 saturated carbocycles. The maximum atomic E-state index is 5.96. The largest absolute Gasteiger partial charge is 0.489 e. The first-order valence-electron chi connectivity index (χ1n) is 9.04. The van der Waals surface area contributed by atoms with Gasteiger partial charge in [-0.1, -0.05) is 12.1 Å². The molecule has 2 atom stereocenters. The van der Waals surface area contributed by atoms with Crippen molar-refractivity contribution < 1.29 is 4.74 Å². The van der Waals surface area contributed by atoms with Gasteiger partial charge in [0.2, 0.25) is 0 Å². The minimum absolute atomic E-state index is 0. The Morgan fingerprint density at radius 1 is 1.31 bits per heavy atom. The number of nitrogens with one attached hydrogen (secondary N) is 2. The number of guanidine groups is 1. The number of aryl methyl sites for hydroxylation is 1. The lowest BCUT2D eigenvalue weighted by Gasteiger charge is -2.38. The summed E-state index contributed by atoms with van der Waals surface area (Å²) in [7, 11) is 6.17. The Bertz CT molecular complexity index is 569. The maximum absolute atomic E-state index is 5.96. The minimum atomic E-state index is 0. The van der Waals surface area contributed by atoms with E-state index >= 15 is 0 Å². The molecule has 1 aromatic rings. The van der Waals surface area contributed by atoms with Gasteiger partial charge >= 0.3 is 0 Å². The first kappa shape index (κ1) is 23.0. The van der Waals surface area contributed by atoms with Gasteiger partial charge in [0.15, 0.2) is 5.96 Å². The zero-order chi connectivity index (χ0) is 18.2. The molecule has 1 fully saturated rings. The first-order chi connectivity index (χ1) is 12.0.